The second kappa shape index (κ2) is 11.2. The van der Waals surface area contributed by atoms with Crippen molar-refractivity contribution in [2.24, 2.45) is 5.10 Å². The van der Waals surface area contributed by atoms with E-state index in [1.54, 1.807) is 55.9 Å². The highest BCUT2D eigenvalue weighted by Crippen LogP contribution is 2.33. The van der Waals surface area contributed by atoms with Crippen LogP contribution in [0.3, 0.4) is 0 Å². The van der Waals surface area contributed by atoms with Crippen LogP contribution in [0.25, 0.3) is 0 Å². The van der Waals surface area contributed by atoms with E-state index in [1.807, 2.05) is 18.2 Å². The Morgan fingerprint density at radius 1 is 0.973 bits per heavy atom. The van der Waals surface area contributed by atoms with E-state index in [2.05, 4.69) is 10.3 Å². The molecule has 1 aromatic heterocycles. The van der Waals surface area contributed by atoms with Crippen molar-refractivity contribution in [3.63, 3.8) is 0 Å². The van der Waals surface area contributed by atoms with Crippen molar-refractivity contribution in [3.8, 4) is 11.5 Å². The molecule has 2 amide bonds. The van der Waals surface area contributed by atoms with Gasteiger partial charge < -0.3 is 14.8 Å². The van der Waals surface area contributed by atoms with Gasteiger partial charge in [-0.15, -0.1) is 0 Å². The highest BCUT2D eigenvalue weighted by atomic mass is 16.5. The number of hydrogen-bond acceptors (Lipinski definition) is 6. The van der Waals surface area contributed by atoms with Crippen molar-refractivity contribution in [3.05, 3.63) is 83.7 Å². The van der Waals surface area contributed by atoms with Crippen LogP contribution in [0.4, 0.5) is 5.69 Å². The number of carbonyl (C=O) groups is 2. The minimum atomic E-state index is -0.307. The molecule has 5 rings (SSSR count). The van der Waals surface area contributed by atoms with Gasteiger partial charge in [-0.1, -0.05) is 12.1 Å². The highest BCUT2D eigenvalue weighted by Gasteiger charge is 2.25. The Bertz CT molecular complexity index is 1300. The Morgan fingerprint density at radius 3 is 2.54 bits per heavy atom. The lowest BCUT2D eigenvalue weighted by atomic mass is 10.0. The summed E-state index contributed by atoms with van der Waals surface area (Å²) in [6, 6.07) is 16.1. The molecule has 3 aromatic rings. The maximum Gasteiger partial charge on any atom is 0.276 e. The van der Waals surface area contributed by atoms with E-state index < -0.39 is 0 Å². The number of hydrogen-bond donors (Lipinski definition) is 1. The minimum absolute atomic E-state index is 0.203. The lowest BCUT2D eigenvalue weighted by molar-refractivity contribution is 0.0752. The molecule has 0 bridgehead atoms. The van der Waals surface area contributed by atoms with Crippen LogP contribution in [0.5, 0.6) is 11.5 Å². The first-order valence-corrected chi connectivity index (χ1v) is 12.7. The molecule has 8 heteroatoms. The van der Waals surface area contributed by atoms with Crippen molar-refractivity contribution in [2.45, 2.75) is 44.6 Å². The quantitative estimate of drug-likeness (QED) is 0.477. The second-order valence-corrected chi connectivity index (χ2v) is 9.20. The standard InChI is InChI=1S/C29H30N4O4/c1-36-26-13-12-21(19-27(26)37-22-7-2-3-8-22)24-11-6-18-33(32-24)29(35)23-9-4-5-10-25(23)31-28(34)20-14-16-30-17-15-20/h4-5,9-10,12-17,19,22H,2-3,6-8,11,18H2,1H3,(H,31,34). The van der Waals surface area contributed by atoms with Gasteiger partial charge in [-0.2, -0.15) is 5.10 Å². The zero-order chi connectivity index (χ0) is 25.6. The number of aromatic nitrogens is 1. The van der Waals surface area contributed by atoms with Gasteiger partial charge in [0.1, 0.15) is 0 Å². The van der Waals surface area contributed by atoms with Gasteiger partial charge in [0.15, 0.2) is 11.5 Å². The number of amides is 2. The Hall–Kier alpha value is -4.20. The molecule has 0 atom stereocenters. The molecule has 1 saturated carbocycles. The lowest BCUT2D eigenvalue weighted by Crippen LogP contribution is -2.33. The summed E-state index contributed by atoms with van der Waals surface area (Å²) < 4.78 is 11.8. The number of benzene rings is 2. The number of nitrogens with zero attached hydrogens (tertiary/aromatic N) is 3. The molecule has 0 unspecified atom stereocenters. The van der Waals surface area contributed by atoms with Crippen LogP contribution in [-0.2, 0) is 0 Å². The van der Waals surface area contributed by atoms with Crippen molar-refractivity contribution >= 4 is 23.2 Å². The van der Waals surface area contributed by atoms with E-state index in [1.165, 1.54) is 17.9 Å². The predicted molar refractivity (Wildman–Crippen MR) is 141 cm³/mol. The molecule has 190 valence electrons. The number of para-hydroxylation sites is 1. The number of carbonyl (C=O) groups excluding carboxylic acids is 2. The van der Waals surface area contributed by atoms with Crippen LogP contribution >= 0.6 is 0 Å². The number of rotatable bonds is 7. The smallest absolute Gasteiger partial charge is 0.276 e. The fourth-order valence-electron chi connectivity index (χ4n) is 4.74. The summed E-state index contributed by atoms with van der Waals surface area (Å²) in [7, 11) is 1.64. The fourth-order valence-corrected chi connectivity index (χ4v) is 4.74. The van der Waals surface area contributed by atoms with Crippen LogP contribution in [0, 0.1) is 0 Å². The summed E-state index contributed by atoms with van der Waals surface area (Å²) in [4.78, 5) is 30.2. The Morgan fingerprint density at radius 2 is 1.76 bits per heavy atom. The largest absolute Gasteiger partial charge is 0.493 e. The van der Waals surface area contributed by atoms with Crippen LogP contribution in [0.2, 0.25) is 0 Å². The van der Waals surface area contributed by atoms with Crippen LogP contribution < -0.4 is 14.8 Å². The predicted octanol–water partition coefficient (Wildman–Crippen LogP) is 5.30. The van der Waals surface area contributed by atoms with Crippen molar-refractivity contribution in [1.82, 2.24) is 9.99 Å². The van der Waals surface area contributed by atoms with E-state index in [4.69, 9.17) is 14.6 Å². The number of anilines is 1. The molecule has 2 aromatic carbocycles. The summed E-state index contributed by atoms with van der Waals surface area (Å²) in [5.74, 6) is 0.832. The maximum absolute atomic E-state index is 13.5. The normalized spacial score (nSPS) is 15.7. The Labute approximate surface area is 216 Å². The van der Waals surface area contributed by atoms with Crippen molar-refractivity contribution in [1.29, 1.82) is 0 Å². The summed E-state index contributed by atoms with van der Waals surface area (Å²) in [5.41, 5.74) is 3.01. The number of hydrazone groups is 1. The summed E-state index contributed by atoms with van der Waals surface area (Å²) in [5, 5.41) is 9.05. The molecule has 0 spiro atoms. The first-order valence-electron chi connectivity index (χ1n) is 12.7. The molecule has 1 aliphatic heterocycles. The van der Waals surface area contributed by atoms with Gasteiger partial charge in [0, 0.05) is 30.1 Å². The van der Waals surface area contributed by atoms with E-state index in [-0.39, 0.29) is 17.9 Å². The first kappa shape index (κ1) is 24.5. The maximum atomic E-state index is 13.5. The van der Waals surface area contributed by atoms with Gasteiger partial charge in [-0.05, 0) is 81.0 Å². The zero-order valence-electron chi connectivity index (χ0n) is 20.9. The van der Waals surface area contributed by atoms with Gasteiger partial charge in [0.2, 0.25) is 0 Å². The van der Waals surface area contributed by atoms with Crippen LogP contribution in [0.1, 0.15) is 64.8 Å². The third-order valence-electron chi connectivity index (χ3n) is 6.70. The van der Waals surface area contributed by atoms with Gasteiger partial charge in [-0.25, -0.2) is 5.01 Å². The molecule has 1 aliphatic carbocycles. The number of methoxy groups -OCH3 is 1. The molecule has 2 heterocycles. The lowest BCUT2D eigenvalue weighted by Gasteiger charge is -2.25. The molecule has 1 fully saturated rings. The number of ether oxygens (including phenoxy) is 2. The molecule has 0 saturated heterocycles. The molecule has 0 radical (unpaired) electrons. The second-order valence-electron chi connectivity index (χ2n) is 9.20. The average Bonchev–Trinajstić information content (AvgIpc) is 3.46. The van der Waals surface area contributed by atoms with E-state index >= 15 is 0 Å². The monoisotopic (exact) mass is 498 g/mol. The third-order valence-corrected chi connectivity index (χ3v) is 6.70. The zero-order valence-corrected chi connectivity index (χ0v) is 20.9. The molecular weight excluding hydrogens is 468 g/mol. The van der Waals surface area contributed by atoms with Crippen LogP contribution in [0.15, 0.2) is 72.1 Å². The number of nitrogens with one attached hydrogen (secondary N) is 1. The summed E-state index contributed by atoms with van der Waals surface area (Å²) >= 11 is 0. The van der Waals surface area contributed by atoms with Crippen molar-refractivity contribution < 1.29 is 19.1 Å². The first-order chi connectivity index (χ1) is 18.1. The molecule has 37 heavy (non-hydrogen) atoms. The third kappa shape index (κ3) is 5.63. The average molecular weight is 499 g/mol. The molecule has 1 N–H and O–H groups in total. The summed E-state index contributed by atoms with van der Waals surface area (Å²) in [6.07, 6.45) is 9.30. The van der Waals surface area contributed by atoms with E-state index in [0.717, 1.165) is 37.0 Å². The number of pyridine rings is 1. The molecule has 8 nitrogen and oxygen atoms in total. The van der Waals surface area contributed by atoms with E-state index in [9.17, 15) is 9.59 Å². The van der Waals surface area contributed by atoms with E-state index in [0.29, 0.717) is 34.9 Å². The van der Waals surface area contributed by atoms with Gasteiger partial charge >= 0.3 is 0 Å². The topological polar surface area (TPSA) is 93.1 Å². The summed E-state index contributed by atoms with van der Waals surface area (Å²) in [6.45, 7) is 0.497. The molecular formula is C29H30N4O4. The Balaban J connectivity index is 1.37. The van der Waals surface area contributed by atoms with Gasteiger partial charge in [0.05, 0.1) is 30.2 Å². The van der Waals surface area contributed by atoms with Gasteiger partial charge in [0.25, 0.3) is 11.8 Å². The highest BCUT2D eigenvalue weighted by molar-refractivity contribution is 6.09. The fraction of sp³-hybridized carbons (Fsp3) is 0.310. The minimum Gasteiger partial charge on any atom is -0.493 e. The Kier molecular flexibility index (Phi) is 7.44. The van der Waals surface area contributed by atoms with Crippen LogP contribution in [-0.4, -0.2) is 47.3 Å². The molecule has 2 aliphatic rings. The van der Waals surface area contributed by atoms with Gasteiger partial charge in [-0.3, -0.25) is 14.6 Å². The SMILES string of the molecule is COc1ccc(C2=NN(C(=O)c3ccccc3NC(=O)c3ccncc3)CCC2)cc1OC1CCCC1. The van der Waals surface area contributed by atoms with Crippen molar-refractivity contribution in [2.75, 3.05) is 19.0 Å².